The molecule has 84 valence electrons. The minimum atomic E-state index is 0.614. The Morgan fingerprint density at radius 3 is 2.47 bits per heavy atom. The third kappa shape index (κ3) is 4.34. The molecule has 0 amide bonds. The zero-order valence-electron chi connectivity index (χ0n) is 9.92. The molecule has 2 nitrogen and oxygen atoms in total. The van der Waals surface area contributed by atoms with Gasteiger partial charge in [-0.05, 0) is 44.0 Å². The average Bonchev–Trinajstić information content (AvgIpc) is 2.29. The standard InChI is InChI=1S/C13H21NO/c1-4-11(2)14-10-9-12-5-7-13(15-3)8-6-12/h5-8,11,14H,4,9-10H2,1-3H3. The summed E-state index contributed by atoms with van der Waals surface area (Å²) < 4.78 is 5.11. The topological polar surface area (TPSA) is 21.3 Å². The van der Waals surface area contributed by atoms with Crippen molar-refractivity contribution in [3.05, 3.63) is 29.8 Å². The Balaban J connectivity index is 2.31. The molecule has 0 aromatic heterocycles. The van der Waals surface area contributed by atoms with E-state index in [9.17, 15) is 0 Å². The molecule has 1 unspecified atom stereocenters. The third-order valence-electron chi connectivity index (χ3n) is 2.68. The van der Waals surface area contributed by atoms with Gasteiger partial charge in [-0.15, -0.1) is 0 Å². The molecule has 0 radical (unpaired) electrons. The van der Waals surface area contributed by atoms with Gasteiger partial charge in [-0.2, -0.15) is 0 Å². The van der Waals surface area contributed by atoms with E-state index < -0.39 is 0 Å². The first-order chi connectivity index (χ1) is 7.26. The van der Waals surface area contributed by atoms with E-state index in [2.05, 4.69) is 31.3 Å². The number of hydrogen-bond donors (Lipinski definition) is 1. The van der Waals surface area contributed by atoms with Gasteiger partial charge in [-0.25, -0.2) is 0 Å². The van der Waals surface area contributed by atoms with Gasteiger partial charge in [0.1, 0.15) is 5.75 Å². The maximum Gasteiger partial charge on any atom is 0.118 e. The van der Waals surface area contributed by atoms with Crippen LogP contribution < -0.4 is 10.1 Å². The first-order valence-electron chi connectivity index (χ1n) is 5.62. The third-order valence-corrected chi connectivity index (χ3v) is 2.68. The van der Waals surface area contributed by atoms with Crippen molar-refractivity contribution in [1.29, 1.82) is 0 Å². The van der Waals surface area contributed by atoms with Crippen LogP contribution in [0.15, 0.2) is 24.3 Å². The van der Waals surface area contributed by atoms with Gasteiger partial charge in [0.05, 0.1) is 7.11 Å². The molecule has 0 saturated heterocycles. The Labute approximate surface area is 92.6 Å². The summed E-state index contributed by atoms with van der Waals surface area (Å²) >= 11 is 0. The summed E-state index contributed by atoms with van der Waals surface area (Å²) in [4.78, 5) is 0. The highest BCUT2D eigenvalue weighted by molar-refractivity contribution is 5.27. The maximum atomic E-state index is 5.11. The van der Waals surface area contributed by atoms with Gasteiger partial charge in [0.25, 0.3) is 0 Å². The number of rotatable bonds is 6. The van der Waals surface area contributed by atoms with Gasteiger partial charge < -0.3 is 10.1 Å². The maximum absolute atomic E-state index is 5.11. The molecule has 0 aliphatic rings. The Bertz CT molecular complexity index is 268. The van der Waals surface area contributed by atoms with Crippen molar-refractivity contribution in [3.8, 4) is 5.75 Å². The lowest BCUT2D eigenvalue weighted by Gasteiger charge is -2.11. The Hall–Kier alpha value is -1.02. The van der Waals surface area contributed by atoms with Gasteiger partial charge in [-0.1, -0.05) is 19.1 Å². The van der Waals surface area contributed by atoms with Gasteiger partial charge in [0.15, 0.2) is 0 Å². The molecule has 1 N–H and O–H groups in total. The molecule has 15 heavy (non-hydrogen) atoms. The lowest BCUT2D eigenvalue weighted by molar-refractivity contribution is 0.414. The first-order valence-corrected chi connectivity index (χ1v) is 5.62. The van der Waals surface area contributed by atoms with Crippen LogP contribution >= 0.6 is 0 Å². The molecule has 0 aliphatic carbocycles. The minimum absolute atomic E-state index is 0.614. The van der Waals surface area contributed by atoms with Crippen molar-refractivity contribution >= 4 is 0 Å². The SMILES string of the molecule is CCC(C)NCCc1ccc(OC)cc1. The van der Waals surface area contributed by atoms with Crippen molar-refractivity contribution in [2.24, 2.45) is 0 Å². The average molecular weight is 207 g/mol. The molecule has 0 fully saturated rings. The van der Waals surface area contributed by atoms with E-state index in [0.717, 1.165) is 18.7 Å². The Kier molecular flexibility index (Phi) is 5.19. The van der Waals surface area contributed by atoms with Crippen LogP contribution in [0, 0.1) is 0 Å². The number of benzene rings is 1. The van der Waals surface area contributed by atoms with E-state index >= 15 is 0 Å². The minimum Gasteiger partial charge on any atom is -0.497 e. The Morgan fingerprint density at radius 1 is 1.27 bits per heavy atom. The fourth-order valence-corrected chi connectivity index (χ4v) is 1.40. The monoisotopic (exact) mass is 207 g/mol. The molecule has 1 aromatic carbocycles. The van der Waals surface area contributed by atoms with Crippen LogP contribution in [0.4, 0.5) is 0 Å². The van der Waals surface area contributed by atoms with Crippen molar-refractivity contribution in [3.63, 3.8) is 0 Å². The van der Waals surface area contributed by atoms with E-state index in [-0.39, 0.29) is 0 Å². The second-order valence-corrected chi connectivity index (χ2v) is 3.86. The predicted molar refractivity (Wildman–Crippen MR) is 64.5 cm³/mol. The van der Waals surface area contributed by atoms with E-state index in [4.69, 9.17) is 4.74 Å². The zero-order valence-corrected chi connectivity index (χ0v) is 9.92. The predicted octanol–water partition coefficient (Wildman–Crippen LogP) is 2.63. The van der Waals surface area contributed by atoms with Crippen LogP contribution in [0.25, 0.3) is 0 Å². The van der Waals surface area contributed by atoms with Crippen LogP contribution in [0.2, 0.25) is 0 Å². The molecule has 0 bridgehead atoms. The van der Waals surface area contributed by atoms with Crippen LogP contribution in [0.5, 0.6) is 5.75 Å². The number of methoxy groups -OCH3 is 1. The van der Waals surface area contributed by atoms with Gasteiger partial charge in [0.2, 0.25) is 0 Å². The van der Waals surface area contributed by atoms with Gasteiger partial charge in [-0.3, -0.25) is 0 Å². The molecule has 0 aliphatic heterocycles. The van der Waals surface area contributed by atoms with Crippen LogP contribution in [0.1, 0.15) is 25.8 Å². The molecule has 2 heteroatoms. The highest BCUT2D eigenvalue weighted by Crippen LogP contribution is 2.11. The molecule has 1 rings (SSSR count). The normalized spacial score (nSPS) is 12.5. The smallest absolute Gasteiger partial charge is 0.118 e. The molecule has 1 atom stereocenters. The van der Waals surface area contributed by atoms with E-state index in [1.54, 1.807) is 7.11 Å². The molecular formula is C13H21NO. The summed E-state index contributed by atoms with van der Waals surface area (Å²) in [6.07, 6.45) is 2.26. The largest absolute Gasteiger partial charge is 0.497 e. The summed E-state index contributed by atoms with van der Waals surface area (Å²) in [5.41, 5.74) is 1.35. The van der Waals surface area contributed by atoms with Gasteiger partial charge in [0, 0.05) is 6.04 Å². The fraction of sp³-hybridized carbons (Fsp3) is 0.538. The van der Waals surface area contributed by atoms with Crippen LogP contribution in [-0.4, -0.2) is 19.7 Å². The zero-order chi connectivity index (χ0) is 11.1. The second-order valence-electron chi connectivity index (χ2n) is 3.86. The molecule has 0 heterocycles. The van der Waals surface area contributed by atoms with Crippen molar-refractivity contribution in [2.75, 3.05) is 13.7 Å². The summed E-state index contributed by atoms with van der Waals surface area (Å²) in [6.45, 7) is 5.46. The lowest BCUT2D eigenvalue weighted by Crippen LogP contribution is -2.27. The van der Waals surface area contributed by atoms with E-state index in [1.165, 1.54) is 12.0 Å². The van der Waals surface area contributed by atoms with E-state index in [0.29, 0.717) is 6.04 Å². The molecule has 0 saturated carbocycles. The number of hydrogen-bond acceptors (Lipinski definition) is 2. The fourth-order valence-electron chi connectivity index (χ4n) is 1.40. The Morgan fingerprint density at radius 2 is 1.93 bits per heavy atom. The molecular weight excluding hydrogens is 186 g/mol. The number of ether oxygens (including phenoxy) is 1. The van der Waals surface area contributed by atoms with Crippen LogP contribution in [0.3, 0.4) is 0 Å². The molecule has 0 spiro atoms. The quantitative estimate of drug-likeness (QED) is 0.774. The van der Waals surface area contributed by atoms with Crippen molar-refractivity contribution in [2.45, 2.75) is 32.7 Å². The van der Waals surface area contributed by atoms with E-state index in [1.807, 2.05) is 12.1 Å². The number of nitrogens with one attached hydrogen (secondary N) is 1. The summed E-state index contributed by atoms with van der Waals surface area (Å²) in [6, 6.07) is 8.88. The first kappa shape index (κ1) is 12.1. The summed E-state index contributed by atoms with van der Waals surface area (Å²) in [5.74, 6) is 0.925. The highest BCUT2D eigenvalue weighted by Gasteiger charge is 1.98. The van der Waals surface area contributed by atoms with Crippen molar-refractivity contribution in [1.82, 2.24) is 5.32 Å². The second kappa shape index (κ2) is 6.46. The molecule has 1 aromatic rings. The van der Waals surface area contributed by atoms with Crippen LogP contribution in [-0.2, 0) is 6.42 Å². The highest BCUT2D eigenvalue weighted by atomic mass is 16.5. The summed E-state index contributed by atoms with van der Waals surface area (Å²) in [7, 11) is 1.69. The lowest BCUT2D eigenvalue weighted by atomic mass is 10.1. The van der Waals surface area contributed by atoms with Gasteiger partial charge >= 0.3 is 0 Å². The van der Waals surface area contributed by atoms with Crippen molar-refractivity contribution < 1.29 is 4.74 Å². The summed E-state index contributed by atoms with van der Waals surface area (Å²) in [5, 5.41) is 3.48.